The minimum atomic E-state index is 0.715. The lowest BCUT2D eigenvalue weighted by molar-refractivity contribution is 0.418. The molecule has 1 aliphatic carbocycles. The van der Waals surface area contributed by atoms with Crippen LogP contribution in [0.2, 0.25) is 0 Å². The highest BCUT2D eigenvalue weighted by Gasteiger charge is 2.40. The maximum absolute atomic E-state index is 3.59. The summed E-state index contributed by atoms with van der Waals surface area (Å²) in [6.45, 7) is 9.15. The van der Waals surface area contributed by atoms with Crippen molar-refractivity contribution in [3.8, 4) is 0 Å². The van der Waals surface area contributed by atoms with Gasteiger partial charge >= 0.3 is 0 Å². The van der Waals surface area contributed by atoms with Crippen LogP contribution in [0.3, 0.4) is 0 Å². The zero-order chi connectivity index (χ0) is 10.3. The van der Waals surface area contributed by atoms with Crippen LogP contribution < -0.4 is 10.6 Å². The molecule has 2 heteroatoms. The van der Waals surface area contributed by atoms with Gasteiger partial charge in [-0.15, -0.1) is 0 Å². The summed E-state index contributed by atoms with van der Waals surface area (Å²) in [6, 6.07) is 0. The van der Waals surface area contributed by atoms with Crippen molar-refractivity contribution in [2.24, 2.45) is 5.41 Å². The Labute approximate surface area is 88.8 Å². The van der Waals surface area contributed by atoms with Crippen LogP contribution >= 0.6 is 0 Å². The predicted octanol–water partition coefficient (Wildman–Crippen LogP) is 2.16. The SMILES string of the molecule is CCCC1(CNCCCNCC)CC1. The minimum absolute atomic E-state index is 0.715. The van der Waals surface area contributed by atoms with E-state index in [1.54, 1.807) is 0 Å². The first-order valence-corrected chi connectivity index (χ1v) is 6.24. The Bertz CT molecular complexity index is 141. The molecule has 0 spiro atoms. The van der Waals surface area contributed by atoms with E-state index in [9.17, 15) is 0 Å². The Morgan fingerprint density at radius 2 is 1.79 bits per heavy atom. The summed E-state index contributed by atoms with van der Waals surface area (Å²) in [5.74, 6) is 0. The molecule has 2 nitrogen and oxygen atoms in total. The maximum Gasteiger partial charge on any atom is 0.000782 e. The molecule has 0 aromatic heterocycles. The summed E-state index contributed by atoms with van der Waals surface area (Å²) in [7, 11) is 0. The summed E-state index contributed by atoms with van der Waals surface area (Å²) in [4.78, 5) is 0. The smallest absolute Gasteiger partial charge is 0.000782 e. The maximum atomic E-state index is 3.59. The molecule has 0 heterocycles. The molecule has 0 unspecified atom stereocenters. The Hall–Kier alpha value is -0.0800. The molecule has 0 atom stereocenters. The molecule has 0 aromatic rings. The highest BCUT2D eigenvalue weighted by atomic mass is 14.9. The second-order valence-electron chi connectivity index (χ2n) is 4.63. The van der Waals surface area contributed by atoms with Crippen molar-refractivity contribution in [1.82, 2.24) is 10.6 Å². The highest BCUT2D eigenvalue weighted by Crippen LogP contribution is 2.48. The van der Waals surface area contributed by atoms with Gasteiger partial charge < -0.3 is 10.6 Å². The fourth-order valence-corrected chi connectivity index (χ4v) is 2.09. The predicted molar refractivity (Wildman–Crippen MR) is 62.6 cm³/mol. The first-order valence-electron chi connectivity index (χ1n) is 6.24. The van der Waals surface area contributed by atoms with Crippen LogP contribution in [0.5, 0.6) is 0 Å². The fourth-order valence-electron chi connectivity index (χ4n) is 2.09. The fraction of sp³-hybridized carbons (Fsp3) is 1.00. The summed E-state index contributed by atoms with van der Waals surface area (Å²) in [5.41, 5.74) is 0.715. The number of rotatable bonds is 9. The van der Waals surface area contributed by atoms with Crippen LogP contribution in [0.4, 0.5) is 0 Å². The van der Waals surface area contributed by atoms with E-state index in [0.717, 1.165) is 13.1 Å². The summed E-state index contributed by atoms with van der Waals surface area (Å²) >= 11 is 0. The normalized spacial score (nSPS) is 18.4. The molecule has 0 bridgehead atoms. The van der Waals surface area contributed by atoms with Gasteiger partial charge in [-0.05, 0) is 50.7 Å². The molecule has 1 rings (SSSR count). The number of hydrogen-bond acceptors (Lipinski definition) is 2. The first-order chi connectivity index (χ1) is 6.83. The van der Waals surface area contributed by atoms with Crippen LogP contribution in [-0.4, -0.2) is 26.2 Å². The Morgan fingerprint density at radius 1 is 1.07 bits per heavy atom. The van der Waals surface area contributed by atoms with Gasteiger partial charge in [0.25, 0.3) is 0 Å². The molecule has 84 valence electrons. The monoisotopic (exact) mass is 198 g/mol. The van der Waals surface area contributed by atoms with E-state index in [-0.39, 0.29) is 0 Å². The number of hydrogen-bond donors (Lipinski definition) is 2. The van der Waals surface area contributed by atoms with Crippen molar-refractivity contribution in [1.29, 1.82) is 0 Å². The van der Waals surface area contributed by atoms with Crippen LogP contribution in [0.25, 0.3) is 0 Å². The third-order valence-electron chi connectivity index (χ3n) is 3.19. The van der Waals surface area contributed by atoms with E-state index in [0.29, 0.717) is 5.41 Å². The van der Waals surface area contributed by atoms with E-state index < -0.39 is 0 Å². The second kappa shape index (κ2) is 6.41. The van der Waals surface area contributed by atoms with Gasteiger partial charge in [0.1, 0.15) is 0 Å². The Morgan fingerprint density at radius 3 is 2.36 bits per heavy atom. The lowest BCUT2D eigenvalue weighted by Crippen LogP contribution is -2.27. The molecule has 0 radical (unpaired) electrons. The highest BCUT2D eigenvalue weighted by molar-refractivity contribution is 4.94. The standard InChI is InChI=1S/C12H26N2/c1-3-6-12(7-8-12)11-14-10-5-9-13-4-2/h13-14H,3-11H2,1-2H3. The lowest BCUT2D eigenvalue weighted by atomic mass is 10.0. The van der Waals surface area contributed by atoms with Gasteiger partial charge in [0, 0.05) is 6.54 Å². The summed E-state index contributed by atoms with van der Waals surface area (Å²) < 4.78 is 0. The average Bonchev–Trinajstić information content (AvgIpc) is 2.93. The largest absolute Gasteiger partial charge is 0.317 e. The molecule has 1 aliphatic rings. The van der Waals surface area contributed by atoms with Gasteiger partial charge in [-0.2, -0.15) is 0 Å². The molecular formula is C12H26N2. The molecule has 0 aromatic carbocycles. The van der Waals surface area contributed by atoms with E-state index in [2.05, 4.69) is 24.5 Å². The zero-order valence-electron chi connectivity index (χ0n) is 9.86. The van der Waals surface area contributed by atoms with E-state index in [1.807, 2.05) is 0 Å². The second-order valence-corrected chi connectivity index (χ2v) is 4.63. The molecular weight excluding hydrogens is 172 g/mol. The lowest BCUT2D eigenvalue weighted by Gasteiger charge is -2.14. The van der Waals surface area contributed by atoms with Crippen molar-refractivity contribution in [3.05, 3.63) is 0 Å². The molecule has 14 heavy (non-hydrogen) atoms. The van der Waals surface area contributed by atoms with Crippen LogP contribution in [-0.2, 0) is 0 Å². The summed E-state index contributed by atoms with van der Waals surface area (Å²) in [6.07, 6.45) is 6.95. The van der Waals surface area contributed by atoms with Crippen LogP contribution in [0.1, 0.15) is 46.0 Å². The van der Waals surface area contributed by atoms with Gasteiger partial charge in [0.05, 0.1) is 0 Å². The van der Waals surface area contributed by atoms with E-state index in [4.69, 9.17) is 0 Å². The van der Waals surface area contributed by atoms with Gasteiger partial charge in [-0.1, -0.05) is 20.3 Å². The number of nitrogens with one attached hydrogen (secondary N) is 2. The van der Waals surface area contributed by atoms with Crippen molar-refractivity contribution in [3.63, 3.8) is 0 Å². The van der Waals surface area contributed by atoms with Crippen molar-refractivity contribution in [2.75, 3.05) is 26.2 Å². The van der Waals surface area contributed by atoms with Gasteiger partial charge in [0.15, 0.2) is 0 Å². The third-order valence-corrected chi connectivity index (χ3v) is 3.19. The molecule has 1 fully saturated rings. The summed E-state index contributed by atoms with van der Waals surface area (Å²) in [5, 5.41) is 6.94. The van der Waals surface area contributed by atoms with E-state index in [1.165, 1.54) is 45.2 Å². The van der Waals surface area contributed by atoms with Crippen molar-refractivity contribution < 1.29 is 0 Å². The third kappa shape index (κ3) is 4.43. The van der Waals surface area contributed by atoms with E-state index >= 15 is 0 Å². The topological polar surface area (TPSA) is 24.1 Å². The van der Waals surface area contributed by atoms with Gasteiger partial charge in [-0.3, -0.25) is 0 Å². The van der Waals surface area contributed by atoms with Crippen LogP contribution in [0.15, 0.2) is 0 Å². The Balaban J connectivity index is 1.88. The average molecular weight is 198 g/mol. The molecule has 2 N–H and O–H groups in total. The van der Waals surface area contributed by atoms with Crippen molar-refractivity contribution in [2.45, 2.75) is 46.0 Å². The van der Waals surface area contributed by atoms with Crippen LogP contribution in [0, 0.1) is 5.41 Å². The zero-order valence-corrected chi connectivity index (χ0v) is 9.86. The quantitative estimate of drug-likeness (QED) is 0.555. The molecule has 1 saturated carbocycles. The first kappa shape index (κ1) is 12.0. The molecule has 0 saturated heterocycles. The minimum Gasteiger partial charge on any atom is -0.317 e. The van der Waals surface area contributed by atoms with Gasteiger partial charge in [-0.25, -0.2) is 0 Å². The van der Waals surface area contributed by atoms with Crippen molar-refractivity contribution >= 4 is 0 Å². The molecule has 0 aliphatic heterocycles. The Kier molecular flexibility index (Phi) is 5.49. The molecule has 0 amide bonds. The van der Waals surface area contributed by atoms with Gasteiger partial charge in [0.2, 0.25) is 0 Å².